The third-order valence-electron chi connectivity index (χ3n) is 4.01. The number of nitrogens with two attached hydrogens (primary N) is 1. The van der Waals surface area contributed by atoms with Crippen LogP contribution < -0.4 is 10.6 Å². The van der Waals surface area contributed by atoms with Crippen molar-refractivity contribution in [3.63, 3.8) is 0 Å². The van der Waals surface area contributed by atoms with Crippen LogP contribution >= 0.6 is 23.2 Å². The minimum atomic E-state index is -0.548. The molecule has 0 radical (unpaired) electrons. The van der Waals surface area contributed by atoms with Crippen molar-refractivity contribution in [1.29, 1.82) is 0 Å². The van der Waals surface area contributed by atoms with E-state index in [0.29, 0.717) is 21.8 Å². The number of rotatable bonds is 6. The average molecular weight is 413 g/mol. The summed E-state index contributed by atoms with van der Waals surface area (Å²) in [6.07, 6.45) is 0. The number of hydrogen-bond acceptors (Lipinski definition) is 2. The van der Waals surface area contributed by atoms with Crippen molar-refractivity contribution in [3.8, 4) is 0 Å². The third-order valence-corrected chi connectivity index (χ3v) is 4.63. The lowest BCUT2D eigenvalue weighted by Crippen LogP contribution is -2.86. The van der Waals surface area contributed by atoms with Crippen molar-refractivity contribution < 1.29 is 19.3 Å². The molecule has 0 aliphatic heterocycles. The Hall–Kier alpha value is -2.15. The molecule has 27 heavy (non-hydrogen) atoms. The molecule has 144 valence electrons. The van der Waals surface area contributed by atoms with E-state index in [1.54, 1.807) is 43.7 Å². The molecule has 2 rings (SSSR count). The minimum Gasteiger partial charge on any atom is -0.345 e. The number of halogens is 3. The lowest BCUT2D eigenvalue weighted by atomic mass is 10.1. The SMILES string of the molecule is C[C@H]([NH2+]CC(=O)Nc1ccc(C(=O)N(C)C)cc1)c1cc(F)c(Cl)cc1Cl. The van der Waals surface area contributed by atoms with Gasteiger partial charge in [-0.05, 0) is 43.3 Å². The molecule has 2 aromatic carbocycles. The zero-order valence-electron chi connectivity index (χ0n) is 15.2. The molecule has 0 aromatic heterocycles. The topological polar surface area (TPSA) is 66.0 Å². The monoisotopic (exact) mass is 412 g/mol. The van der Waals surface area contributed by atoms with Gasteiger partial charge in [-0.2, -0.15) is 0 Å². The third kappa shape index (κ3) is 5.66. The second kappa shape index (κ2) is 9.17. The molecule has 2 amide bonds. The molecule has 0 bridgehead atoms. The highest BCUT2D eigenvalue weighted by Gasteiger charge is 2.17. The van der Waals surface area contributed by atoms with Gasteiger partial charge in [0.1, 0.15) is 11.9 Å². The van der Waals surface area contributed by atoms with Gasteiger partial charge in [-0.15, -0.1) is 0 Å². The van der Waals surface area contributed by atoms with E-state index >= 15 is 0 Å². The van der Waals surface area contributed by atoms with Crippen molar-refractivity contribution in [2.24, 2.45) is 0 Å². The van der Waals surface area contributed by atoms with Crippen LogP contribution in [0.15, 0.2) is 36.4 Å². The van der Waals surface area contributed by atoms with Crippen LogP contribution in [0, 0.1) is 5.82 Å². The highest BCUT2D eigenvalue weighted by molar-refractivity contribution is 6.35. The molecule has 0 aliphatic rings. The van der Waals surface area contributed by atoms with Gasteiger partial charge in [0.15, 0.2) is 6.54 Å². The molecule has 8 heteroatoms. The number of carbonyl (C=O) groups excluding carboxylic acids is 2. The predicted octanol–water partition coefficient (Wildman–Crippen LogP) is 3.10. The Morgan fingerprint density at radius 2 is 1.78 bits per heavy atom. The summed E-state index contributed by atoms with van der Waals surface area (Å²) >= 11 is 11.8. The lowest BCUT2D eigenvalue weighted by Gasteiger charge is -2.14. The Balaban J connectivity index is 1.92. The molecule has 0 spiro atoms. The Kier molecular flexibility index (Phi) is 7.18. The van der Waals surface area contributed by atoms with Crippen LogP contribution in [0.4, 0.5) is 10.1 Å². The van der Waals surface area contributed by atoms with Gasteiger partial charge in [0.2, 0.25) is 0 Å². The highest BCUT2D eigenvalue weighted by atomic mass is 35.5. The maximum atomic E-state index is 13.6. The summed E-state index contributed by atoms with van der Waals surface area (Å²) in [4.78, 5) is 25.5. The van der Waals surface area contributed by atoms with E-state index in [4.69, 9.17) is 23.2 Å². The van der Waals surface area contributed by atoms with Gasteiger partial charge in [0, 0.05) is 30.9 Å². The van der Waals surface area contributed by atoms with E-state index in [9.17, 15) is 14.0 Å². The van der Waals surface area contributed by atoms with Crippen molar-refractivity contribution in [2.75, 3.05) is 26.0 Å². The second-order valence-electron chi connectivity index (χ2n) is 6.34. The van der Waals surface area contributed by atoms with E-state index in [0.717, 1.165) is 0 Å². The van der Waals surface area contributed by atoms with Crippen LogP contribution in [-0.2, 0) is 4.79 Å². The first-order chi connectivity index (χ1) is 12.7. The van der Waals surface area contributed by atoms with Gasteiger partial charge in [0.05, 0.1) is 10.0 Å². The van der Waals surface area contributed by atoms with Gasteiger partial charge >= 0.3 is 0 Å². The zero-order chi connectivity index (χ0) is 20.1. The fourth-order valence-corrected chi connectivity index (χ4v) is 3.02. The number of hydrogen-bond donors (Lipinski definition) is 2. The molecule has 0 saturated carbocycles. The average Bonchev–Trinajstić information content (AvgIpc) is 2.62. The summed E-state index contributed by atoms with van der Waals surface area (Å²) in [6.45, 7) is 1.95. The number of nitrogens with zero attached hydrogens (tertiary/aromatic N) is 1. The standard InChI is InChI=1S/C19H20Cl2FN3O2/c1-11(14-8-17(22)16(21)9-15(14)20)23-10-18(26)24-13-6-4-12(5-7-13)19(27)25(2)3/h4-9,11,23H,10H2,1-3H3,(H,24,26)/p+1/t11-/m0/s1. The fourth-order valence-electron chi connectivity index (χ4n) is 2.46. The van der Waals surface area contributed by atoms with Crippen LogP contribution in [0.1, 0.15) is 28.9 Å². The van der Waals surface area contributed by atoms with Crippen LogP contribution in [0.2, 0.25) is 10.0 Å². The molecule has 5 nitrogen and oxygen atoms in total. The van der Waals surface area contributed by atoms with E-state index in [2.05, 4.69) is 5.32 Å². The molecule has 0 fully saturated rings. The molecule has 0 aliphatic carbocycles. The summed E-state index contributed by atoms with van der Waals surface area (Å²) in [6, 6.07) is 9.06. The summed E-state index contributed by atoms with van der Waals surface area (Å²) < 4.78 is 13.6. The number of benzene rings is 2. The first kappa shape index (κ1) is 21.2. The molecular weight excluding hydrogens is 392 g/mol. The molecule has 0 saturated heterocycles. The number of anilines is 1. The van der Waals surface area contributed by atoms with Crippen molar-refractivity contribution in [3.05, 3.63) is 63.4 Å². The van der Waals surface area contributed by atoms with Crippen LogP contribution in [0.25, 0.3) is 0 Å². The normalized spacial score (nSPS) is 11.8. The van der Waals surface area contributed by atoms with Crippen LogP contribution in [-0.4, -0.2) is 37.4 Å². The first-order valence-electron chi connectivity index (χ1n) is 8.28. The summed E-state index contributed by atoms with van der Waals surface area (Å²) in [7, 11) is 3.35. The maximum Gasteiger partial charge on any atom is 0.279 e. The van der Waals surface area contributed by atoms with Crippen molar-refractivity contribution in [1.82, 2.24) is 4.90 Å². The molecule has 2 aromatic rings. The molecule has 1 atom stereocenters. The zero-order valence-corrected chi connectivity index (χ0v) is 16.7. The van der Waals surface area contributed by atoms with E-state index in [1.165, 1.54) is 17.0 Å². The smallest absolute Gasteiger partial charge is 0.279 e. The first-order valence-corrected chi connectivity index (χ1v) is 9.04. The summed E-state index contributed by atoms with van der Waals surface area (Å²) in [5.74, 6) is -0.880. The minimum absolute atomic E-state index is 0.0371. The second-order valence-corrected chi connectivity index (χ2v) is 7.16. The van der Waals surface area contributed by atoms with E-state index in [-0.39, 0.29) is 29.4 Å². The van der Waals surface area contributed by atoms with Gasteiger partial charge in [0.25, 0.3) is 11.8 Å². The molecule has 3 N–H and O–H groups in total. The summed E-state index contributed by atoms with van der Waals surface area (Å²) in [5, 5.41) is 4.82. The van der Waals surface area contributed by atoms with Crippen molar-refractivity contribution >= 4 is 40.7 Å². The number of nitrogens with one attached hydrogen (secondary N) is 1. The largest absolute Gasteiger partial charge is 0.345 e. The van der Waals surface area contributed by atoms with Crippen LogP contribution in [0.5, 0.6) is 0 Å². The molecule has 0 unspecified atom stereocenters. The molecule has 0 heterocycles. The maximum absolute atomic E-state index is 13.6. The van der Waals surface area contributed by atoms with Gasteiger partial charge < -0.3 is 15.5 Å². The van der Waals surface area contributed by atoms with Crippen LogP contribution in [0.3, 0.4) is 0 Å². The molecular formula is C19H21Cl2FN3O2+. The van der Waals surface area contributed by atoms with Gasteiger partial charge in [-0.3, -0.25) is 9.59 Å². The Morgan fingerprint density at radius 1 is 1.15 bits per heavy atom. The lowest BCUT2D eigenvalue weighted by molar-refractivity contribution is -0.682. The number of carbonyl (C=O) groups is 2. The number of amides is 2. The fraction of sp³-hybridized carbons (Fsp3) is 0.263. The number of quaternary nitrogens is 1. The Bertz CT molecular complexity index is 842. The van der Waals surface area contributed by atoms with Gasteiger partial charge in [-0.25, -0.2) is 4.39 Å². The Morgan fingerprint density at radius 3 is 2.37 bits per heavy atom. The quantitative estimate of drug-likeness (QED) is 0.715. The Labute approximate surface area is 167 Å². The van der Waals surface area contributed by atoms with E-state index in [1.807, 2.05) is 6.92 Å². The van der Waals surface area contributed by atoms with Crippen molar-refractivity contribution in [2.45, 2.75) is 13.0 Å². The predicted molar refractivity (Wildman–Crippen MR) is 105 cm³/mol. The van der Waals surface area contributed by atoms with E-state index < -0.39 is 5.82 Å². The summed E-state index contributed by atoms with van der Waals surface area (Å²) in [5.41, 5.74) is 1.70. The highest BCUT2D eigenvalue weighted by Crippen LogP contribution is 2.27. The van der Waals surface area contributed by atoms with Gasteiger partial charge in [-0.1, -0.05) is 23.2 Å².